The van der Waals surface area contributed by atoms with Crippen LogP contribution in [0.2, 0.25) is 0 Å². The van der Waals surface area contributed by atoms with Crippen molar-refractivity contribution in [3.05, 3.63) is 29.8 Å². The first-order valence-electron chi connectivity index (χ1n) is 4.82. The van der Waals surface area contributed by atoms with Gasteiger partial charge in [0.25, 0.3) is 0 Å². The number of ether oxygens (including phenoxy) is 1. The van der Waals surface area contributed by atoms with Crippen LogP contribution >= 0.6 is 0 Å². The van der Waals surface area contributed by atoms with Crippen LogP contribution in [0, 0.1) is 0 Å². The lowest BCUT2D eigenvalue weighted by atomic mass is 10.1. The van der Waals surface area contributed by atoms with Crippen LogP contribution in [0.5, 0.6) is 0 Å². The molecule has 1 rings (SSSR count). The van der Waals surface area contributed by atoms with Crippen molar-refractivity contribution in [2.24, 2.45) is 0 Å². The molecule has 0 unspecified atom stereocenters. The molecule has 82 valence electrons. The number of nitrogens with one attached hydrogen (secondary N) is 1. The molecule has 0 saturated carbocycles. The quantitative estimate of drug-likeness (QED) is 0.410. The maximum Gasteiger partial charge on any atom is 0.176 e. The van der Waals surface area contributed by atoms with Crippen molar-refractivity contribution in [3.63, 3.8) is 0 Å². The summed E-state index contributed by atoms with van der Waals surface area (Å²) < 4.78 is 4.85. The van der Waals surface area contributed by atoms with E-state index in [9.17, 15) is 4.79 Å². The number of nitrogen functional groups attached to an aromatic ring is 1. The predicted octanol–water partition coefficient (Wildman–Crippen LogP) is 0.687. The van der Waals surface area contributed by atoms with Gasteiger partial charge < -0.3 is 15.8 Å². The molecule has 4 nitrogen and oxygen atoms in total. The first-order chi connectivity index (χ1) is 7.24. The third-order valence-corrected chi connectivity index (χ3v) is 1.98. The van der Waals surface area contributed by atoms with Crippen molar-refractivity contribution in [1.82, 2.24) is 5.32 Å². The van der Waals surface area contributed by atoms with Gasteiger partial charge in [0.2, 0.25) is 0 Å². The summed E-state index contributed by atoms with van der Waals surface area (Å²) in [7, 11) is 1.63. The number of rotatable bonds is 6. The highest BCUT2D eigenvalue weighted by Gasteiger charge is 2.04. The SMILES string of the molecule is COCCNCC(=O)c1cccc(N)c1. The maximum absolute atomic E-state index is 11.6. The molecule has 15 heavy (non-hydrogen) atoms. The van der Waals surface area contributed by atoms with Crippen molar-refractivity contribution in [2.75, 3.05) is 32.5 Å². The Kier molecular flexibility index (Phi) is 4.80. The largest absolute Gasteiger partial charge is 0.399 e. The topological polar surface area (TPSA) is 64.3 Å². The van der Waals surface area contributed by atoms with Gasteiger partial charge in [0, 0.05) is 24.9 Å². The van der Waals surface area contributed by atoms with Gasteiger partial charge in [0.05, 0.1) is 13.2 Å². The number of ketones is 1. The second-order valence-corrected chi connectivity index (χ2v) is 3.22. The average Bonchev–Trinajstić information content (AvgIpc) is 2.24. The van der Waals surface area contributed by atoms with Crippen LogP contribution in [0.3, 0.4) is 0 Å². The van der Waals surface area contributed by atoms with E-state index in [2.05, 4.69) is 5.32 Å². The third kappa shape index (κ3) is 4.10. The molecule has 0 saturated heterocycles. The molecule has 3 N–H and O–H groups in total. The van der Waals surface area contributed by atoms with Gasteiger partial charge in [-0.15, -0.1) is 0 Å². The van der Waals surface area contributed by atoms with E-state index in [0.717, 1.165) is 0 Å². The van der Waals surface area contributed by atoms with Crippen molar-refractivity contribution in [3.8, 4) is 0 Å². The second-order valence-electron chi connectivity index (χ2n) is 3.22. The van der Waals surface area contributed by atoms with Crippen LogP contribution in [0.4, 0.5) is 5.69 Å². The number of nitrogens with two attached hydrogens (primary N) is 1. The van der Waals surface area contributed by atoms with Gasteiger partial charge in [-0.25, -0.2) is 0 Å². The van der Waals surface area contributed by atoms with Crippen molar-refractivity contribution in [1.29, 1.82) is 0 Å². The number of carbonyl (C=O) groups is 1. The Morgan fingerprint density at radius 1 is 1.53 bits per heavy atom. The number of carbonyl (C=O) groups excluding carboxylic acids is 1. The van der Waals surface area contributed by atoms with E-state index in [1.54, 1.807) is 31.4 Å². The summed E-state index contributed by atoms with van der Waals surface area (Å²) in [6, 6.07) is 6.98. The molecule has 0 aliphatic heterocycles. The van der Waals surface area contributed by atoms with E-state index in [1.165, 1.54) is 0 Å². The fourth-order valence-electron chi connectivity index (χ4n) is 1.19. The fourth-order valence-corrected chi connectivity index (χ4v) is 1.19. The molecule has 0 amide bonds. The number of benzene rings is 1. The molecule has 0 aliphatic rings. The summed E-state index contributed by atoms with van der Waals surface area (Å²) >= 11 is 0. The number of Topliss-reactive ketones (excluding diaryl/α,β-unsaturated/α-hetero) is 1. The summed E-state index contributed by atoms with van der Waals surface area (Å²) in [6.45, 7) is 1.58. The zero-order chi connectivity index (χ0) is 11.1. The standard InChI is InChI=1S/C11H16N2O2/c1-15-6-5-13-8-11(14)9-3-2-4-10(12)7-9/h2-4,7,13H,5-6,8,12H2,1H3. The summed E-state index contributed by atoms with van der Waals surface area (Å²) in [4.78, 5) is 11.6. The summed E-state index contributed by atoms with van der Waals surface area (Å²) in [5.74, 6) is 0.0402. The van der Waals surface area contributed by atoms with Crippen LogP contribution < -0.4 is 11.1 Å². The van der Waals surface area contributed by atoms with Crippen LogP contribution in [-0.2, 0) is 4.74 Å². The van der Waals surface area contributed by atoms with Gasteiger partial charge >= 0.3 is 0 Å². The molecule has 0 aliphatic carbocycles. The smallest absolute Gasteiger partial charge is 0.176 e. The highest BCUT2D eigenvalue weighted by Crippen LogP contribution is 2.06. The normalized spacial score (nSPS) is 10.2. The number of hydrogen-bond donors (Lipinski definition) is 2. The maximum atomic E-state index is 11.6. The lowest BCUT2D eigenvalue weighted by Crippen LogP contribution is -2.26. The Morgan fingerprint density at radius 3 is 3.00 bits per heavy atom. The fraction of sp³-hybridized carbons (Fsp3) is 0.364. The monoisotopic (exact) mass is 208 g/mol. The van der Waals surface area contributed by atoms with E-state index in [-0.39, 0.29) is 5.78 Å². The average molecular weight is 208 g/mol. The Bertz CT molecular complexity index is 326. The van der Waals surface area contributed by atoms with Crippen LogP contribution in [-0.4, -0.2) is 32.6 Å². The van der Waals surface area contributed by atoms with Crippen molar-refractivity contribution >= 4 is 11.5 Å². The molecule has 1 aromatic rings. The number of hydrogen-bond acceptors (Lipinski definition) is 4. The Balaban J connectivity index is 2.40. The lowest BCUT2D eigenvalue weighted by molar-refractivity contribution is 0.0987. The lowest BCUT2D eigenvalue weighted by Gasteiger charge is -2.04. The molecule has 0 fully saturated rings. The minimum atomic E-state index is 0.0402. The molecule has 0 aromatic heterocycles. The molecule has 0 heterocycles. The zero-order valence-corrected chi connectivity index (χ0v) is 8.82. The summed E-state index contributed by atoms with van der Waals surface area (Å²) in [6.07, 6.45) is 0. The van der Waals surface area contributed by atoms with Crippen LogP contribution in [0.15, 0.2) is 24.3 Å². The van der Waals surface area contributed by atoms with Gasteiger partial charge in [-0.05, 0) is 12.1 Å². The van der Waals surface area contributed by atoms with E-state index in [0.29, 0.717) is 30.9 Å². The summed E-state index contributed by atoms with van der Waals surface area (Å²) in [5.41, 5.74) is 6.83. The Labute approximate surface area is 89.4 Å². The van der Waals surface area contributed by atoms with Gasteiger partial charge in [-0.1, -0.05) is 12.1 Å². The Morgan fingerprint density at radius 2 is 2.33 bits per heavy atom. The highest BCUT2D eigenvalue weighted by molar-refractivity contribution is 5.98. The molecular weight excluding hydrogens is 192 g/mol. The van der Waals surface area contributed by atoms with Gasteiger partial charge in [-0.3, -0.25) is 4.79 Å². The number of methoxy groups -OCH3 is 1. The van der Waals surface area contributed by atoms with E-state index >= 15 is 0 Å². The molecular formula is C11H16N2O2. The van der Waals surface area contributed by atoms with Crippen molar-refractivity contribution < 1.29 is 9.53 Å². The first kappa shape index (κ1) is 11.7. The third-order valence-electron chi connectivity index (χ3n) is 1.98. The van der Waals surface area contributed by atoms with Crippen molar-refractivity contribution in [2.45, 2.75) is 0 Å². The second kappa shape index (κ2) is 6.16. The molecule has 0 radical (unpaired) electrons. The predicted molar refractivity (Wildman–Crippen MR) is 59.9 cm³/mol. The van der Waals surface area contributed by atoms with Crippen LogP contribution in [0.25, 0.3) is 0 Å². The minimum absolute atomic E-state index is 0.0402. The zero-order valence-electron chi connectivity index (χ0n) is 8.82. The number of anilines is 1. The minimum Gasteiger partial charge on any atom is -0.399 e. The van der Waals surface area contributed by atoms with Gasteiger partial charge in [0.15, 0.2) is 5.78 Å². The van der Waals surface area contributed by atoms with Gasteiger partial charge in [-0.2, -0.15) is 0 Å². The molecule has 0 spiro atoms. The van der Waals surface area contributed by atoms with Crippen LogP contribution in [0.1, 0.15) is 10.4 Å². The molecule has 4 heteroatoms. The molecule has 0 bridgehead atoms. The highest BCUT2D eigenvalue weighted by atomic mass is 16.5. The summed E-state index contributed by atoms with van der Waals surface area (Å²) in [5, 5.41) is 2.99. The van der Waals surface area contributed by atoms with E-state index < -0.39 is 0 Å². The van der Waals surface area contributed by atoms with E-state index in [1.807, 2.05) is 0 Å². The first-order valence-corrected chi connectivity index (χ1v) is 4.82. The molecule has 1 aromatic carbocycles. The Hall–Kier alpha value is -1.39. The van der Waals surface area contributed by atoms with E-state index in [4.69, 9.17) is 10.5 Å². The van der Waals surface area contributed by atoms with Gasteiger partial charge in [0.1, 0.15) is 0 Å². The molecule has 0 atom stereocenters.